The molecule has 116 valence electrons. The number of nitriles is 1. The third-order valence-corrected chi connectivity index (χ3v) is 5.78. The largest absolute Gasteiger partial charge is 0.321 e. The van der Waals surface area contributed by atoms with Gasteiger partial charge in [-0.2, -0.15) is 5.26 Å². The van der Waals surface area contributed by atoms with Crippen molar-refractivity contribution in [1.82, 2.24) is 10.6 Å². The van der Waals surface area contributed by atoms with Crippen molar-refractivity contribution in [3.63, 3.8) is 0 Å². The van der Waals surface area contributed by atoms with Crippen LogP contribution >= 0.6 is 0 Å². The van der Waals surface area contributed by atoms with E-state index in [-0.39, 0.29) is 15.5 Å². The standard InChI is InChI=1S/C15H17N3O3S/c1-9-4-6-12(7-5-9)22(20,21)14-10(2)13(8-16)18-15(19)17-11(14)3/h4-7,10,13H,1-3H3,(H2,17,18,19)/t10-,13+/m0/s1. The average molecular weight is 319 g/mol. The van der Waals surface area contributed by atoms with Gasteiger partial charge in [0.15, 0.2) is 0 Å². The lowest BCUT2D eigenvalue weighted by molar-refractivity contribution is 0.241. The summed E-state index contributed by atoms with van der Waals surface area (Å²) in [7, 11) is -3.79. The Morgan fingerprint density at radius 2 is 1.77 bits per heavy atom. The van der Waals surface area contributed by atoms with Gasteiger partial charge in [0.2, 0.25) is 9.84 Å². The third kappa shape index (κ3) is 2.83. The Hall–Kier alpha value is -2.33. The molecule has 0 unspecified atom stereocenters. The van der Waals surface area contributed by atoms with E-state index in [1.165, 1.54) is 19.1 Å². The van der Waals surface area contributed by atoms with Gasteiger partial charge in [-0.05, 0) is 26.0 Å². The Bertz CT molecular complexity index is 773. The second-order valence-corrected chi connectivity index (χ2v) is 7.22. The van der Waals surface area contributed by atoms with E-state index < -0.39 is 27.8 Å². The fourth-order valence-electron chi connectivity index (χ4n) is 2.46. The highest BCUT2D eigenvalue weighted by atomic mass is 32.2. The molecule has 2 atom stereocenters. The summed E-state index contributed by atoms with van der Waals surface area (Å²) in [6.45, 7) is 5.01. The van der Waals surface area contributed by atoms with Gasteiger partial charge in [0.1, 0.15) is 6.04 Å². The van der Waals surface area contributed by atoms with E-state index in [9.17, 15) is 18.5 Å². The zero-order chi connectivity index (χ0) is 16.5. The first-order valence-corrected chi connectivity index (χ1v) is 8.25. The molecule has 0 radical (unpaired) electrons. The molecule has 1 aliphatic heterocycles. The number of allylic oxidation sites excluding steroid dienone is 1. The van der Waals surface area contributed by atoms with Gasteiger partial charge in [-0.3, -0.25) is 0 Å². The second kappa shape index (κ2) is 5.81. The zero-order valence-corrected chi connectivity index (χ0v) is 13.4. The number of nitrogens with zero attached hydrogens (tertiary/aromatic N) is 1. The van der Waals surface area contributed by atoms with Crippen molar-refractivity contribution in [2.45, 2.75) is 31.7 Å². The van der Waals surface area contributed by atoms with Crippen LogP contribution in [0.5, 0.6) is 0 Å². The van der Waals surface area contributed by atoms with Crippen LogP contribution < -0.4 is 10.6 Å². The number of nitrogens with one attached hydrogen (secondary N) is 2. The molecule has 1 heterocycles. The van der Waals surface area contributed by atoms with Crippen LogP contribution in [0.4, 0.5) is 4.79 Å². The van der Waals surface area contributed by atoms with E-state index in [0.29, 0.717) is 0 Å². The van der Waals surface area contributed by atoms with Gasteiger partial charge < -0.3 is 10.6 Å². The third-order valence-electron chi connectivity index (χ3n) is 3.63. The van der Waals surface area contributed by atoms with Crippen LogP contribution in [-0.2, 0) is 9.84 Å². The minimum absolute atomic E-state index is 0.0567. The van der Waals surface area contributed by atoms with Gasteiger partial charge in [-0.25, -0.2) is 13.2 Å². The van der Waals surface area contributed by atoms with Crippen molar-refractivity contribution in [3.05, 3.63) is 40.4 Å². The molecular weight excluding hydrogens is 302 g/mol. The molecule has 0 saturated heterocycles. The number of amides is 2. The topological polar surface area (TPSA) is 99.1 Å². The van der Waals surface area contributed by atoms with E-state index in [0.717, 1.165) is 5.56 Å². The van der Waals surface area contributed by atoms with Crippen LogP contribution in [0.1, 0.15) is 19.4 Å². The number of carbonyl (C=O) groups excluding carboxylic acids is 1. The van der Waals surface area contributed by atoms with Crippen LogP contribution in [0.15, 0.2) is 39.8 Å². The molecule has 6 nitrogen and oxygen atoms in total. The number of rotatable bonds is 2. The smallest absolute Gasteiger partial charge is 0.320 e. The molecule has 2 N–H and O–H groups in total. The number of hydrogen-bond donors (Lipinski definition) is 2. The maximum absolute atomic E-state index is 12.9. The van der Waals surface area contributed by atoms with Crippen molar-refractivity contribution in [1.29, 1.82) is 5.26 Å². The molecule has 2 rings (SSSR count). The highest BCUT2D eigenvalue weighted by molar-refractivity contribution is 7.95. The van der Waals surface area contributed by atoms with Crippen LogP contribution in [0, 0.1) is 24.2 Å². The molecule has 1 aliphatic rings. The van der Waals surface area contributed by atoms with E-state index in [4.69, 9.17) is 0 Å². The number of benzene rings is 1. The predicted octanol–water partition coefficient (Wildman–Crippen LogP) is 1.84. The molecule has 0 aliphatic carbocycles. The molecule has 0 spiro atoms. The number of sulfone groups is 1. The van der Waals surface area contributed by atoms with Crippen molar-refractivity contribution in [2.24, 2.45) is 5.92 Å². The summed E-state index contributed by atoms with van der Waals surface area (Å²) in [5.41, 5.74) is 1.19. The molecular formula is C15H17N3O3S. The maximum atomic E-state index is 12.9. The summed E-state index contributed by atoms with van der Waals surface area (Å²) in [4.78, 5) is 11.9. The van der Waals surface area contributed by atoms with Gasteiger partial charge in [-0.1, -0.05) is 24.6 Å². The normalized spacial score (nSPS) is 22.4. The Kier molecular flexibility index (Phi) is 4.24. The summed E-state index contributed by atoms with van der Waals surface area (Å²) in [5, 5.41) is 14.1. The average Bonchev–Trinajstić information content (AvgIpc) is 2.55. The lowest BCUT2D eigenvalue weighted by atomic mass is 10.0. The molecule has 0 aromatic heterocycles. The molecule has 0 fully saturated rings. The Morgan fingerprint density at radius 3 is 2.32 bits per heavy atom. The summed E-state index contributed by atoms with van der Waals surface area (Å²) < 4.78 is 25.8. The van der Waals surface area contributed by atoms with Gasteiger partial charge >= 0.3 is 6.03 Å². The maximum Gasteiger partial charge on any atom is 0.320 e. The highest BCUT2D eigenvalue weighted by Crippen LogP contribution is 2.30. The Balaban J connectivity index is 2.60. The fraction of sp³-hybridized carbons (Fsp3) is 0.333. The molecule has 7 heteroatoms. The van der Waals surface area contributed by atoms with Crippen LogP contribution in [0.2, 0.25) is 0 Å². The summed E-state index contributed by atoms with van der Waals surface area (Å²) in [6.07, 6.45) is 0. The van der Waals surface area contributed by atoms with Crippen LogP contribution in [-0.4, -0.2) is 20.5 Å². The molecule has 1 aromatic rings. The first-order valence-electron chi connectivity index (χ1n) is 6.77. The van der Waals surface area contributed by atoms with Gasteiger partial charge in [-0.15, -0.1) is 0 Å². The summed E-state index contributed by atoms with van der Waals surface area (Å²) in [5.74, 6) is -0.657. The van der Waals surface area contributed by atoms with Crippen molar-refractivity contribution in [2.75, 3.05) is 0 Å². The number of carbonyl (C=O) groups is 1. The van der Waals surface area contributed by atoms with E-state index in [1.54, 1.807) is 19.1 Å². The van der Waals surface area contributed by atoms with Crippen molar-refractivity contribution >= 4 is 15.9 Å². The lowest BCUT2D eigenvalue weighted by Gasteiger charge is -2.19. The molecule has 0 bridgehead atoms. The highest BCUT2D eigenvalue weighted by Gasteiger charge is 2.36. The number of hydrogen-bond acceptors (Lipinski definition) is 4. The first kappa shape index (κ1) is 16.0. The Labute approximate surface area is 129 Å². The molecule has 1 aromatic carbocycles. The Morgan fingerprint density at radius 1 is 1.18 bits per heavy atom. The number of aryl methyl sites for hydroxylation is 1. The summed E-state index contributed by atoms with van der Waals surface area (Å²) >= 11 is 0. The molecule has 0 saturated carbocycles. The van der Waals surface area contributed by atoms with E-state index >= 15 is 0 Å². The second-order valence-electron chi connectivity index (χ2n) is 5.30. The van der Waals surface area contributed by atoms with Crippen LogP contribution in [0.25, 0.3) is 0 Å². The van der Waals surface area contributed by atoms with Gasteiger partial charge in [0.05, 0.1) is 15.9 Å². The minimum atomic E-state index is -3.79. The molecule has 22 heavy (non-hydrogen) atoms. The quantitative estimate of drug-likeness (QED) is 0.869. The van der Waals surface area contributed by atoms with Crippen molar-refractivity contribution in [3.8, 4) is 6.07 Å². The number of urea groups is 1. The SMILES string of the molecule is CC1=C(S(=O)(=O)c2ccc(C)cc2)[C@@H](C)[C@@H](C#N)NC(=O)N1. The molecule has 2 amide bonds. The first-order chi connectivity index (χ1) is 10.3. The zero-order valence-electron chi connectivity index (χ0n) is 12.5. The predicted molar refractivity (Wildman–Crippen MR) is 81.3 cm³/mol. The van der Waals surface area contributed by atoms with Crippen molar-refractivity contribution < 1.29 is 13.2 Å². The van der Waals surface area contributed by atoms with Crippen LogP contribution in [0.3, 0.4) is 0 Å². The fourth-order valence-corrected chi connectivity index (χ4v) is 4.29. The lowest BCUT2D eigenvalue weighted by Crippen LogP contribution is -2.41. The van der Waals surface area contributed by atoms with Gasteiger partial charge in [0, 0.05) is 11.6 Å². The summed E-state index contributed by atoms with van der Waals surface area (Å²) in [6, 6.07) is 6.92. The minimum Gasteiger partial charge on any atom is -0.321 e. The monoisotopic (exact) mass is 319 g/mol. The van der Waals surface area contributed by atoms with E-state index in [2.05, 4.69) is 10.6 Å². The van der Waals surface area contributed by atoms with Gasteiger partial charge in [0.25, 0.3) is 0 Å². The van der Waals surface area contributed by atoms with E-state index in [1.807, 2.05) is 13.0 Å².